The van der Waals surface area contributed by atoms with Crippen LogP contribution in [0.2, 0.25) is 15.1 Å². The van der Waals surface area contributed by atoms with Gasteiger partial charge < -0.3 is 25.4 Å². The number of carbonyl (C=O) groups is 2. The largest absolute Gasteiger partial charge is 0.402 e. The third-order valence-corrected chi connectivity index (χ3v) is 9.05. The van der Waals surface area contributed by atoms with E-state index in [1.54, 1.807) is 28.6 Å². The fourth-order valence-corrected chi connectivity index (χ4v) is 5.69. The van der Waals surface area contributed by atoms with Crippen molar-refractivity contribution in [3.63, 3.8) is 0 Å². The fourth-order valence-electron chi connectivity index (χ4n) is 4.97. The van der Waals surface area contributed by atoms with Gasteiger partial charge >= 0.3 is 6.18 Å². The first kappa shape index (κ1) is 34.5. The minimum Gasteiger partial charge on any atom is -0.368 e. The Bertz CT molecular complexity index is 1880. The van der Waals surface area contributed by atoms with E-state index in [0.29, 0.717) is 28.8 Å². The van der Waals surface area contributed by atoms with Crippen LogP contribution in [0.5, 0.6) is 0 Å². The van der Waals surface area contributed by atoms with Crippen LogP contribution in [-0.2, 0) is 18.4 Å². The van der Waals surface area contributed by atoms with Crippen LogP contribution in [0.15, 0.2) is 42.5 Å². The molecule has 1 aliphatic rings. The van der Waals surface area contributed by atoms with Crippen LogP contribution in [0.3, 0.4) is 0 Å². The molecule has 1 aliphatic heterocycles. The van der Waals surface area contributed by atoms with E-state index in [1.165, 1.54) is 24.3 Å². The first-order valence-electron chi connectivity index (χ1n) is 14.2. The second kappa shape index (κ2) is 13.0. The third kappa shape index (κ3) is 6.93. The van der Waals surface area contributed by atoms with Crippen molar-refractivity contribution in [2.75, 3.05) is 28.6 Å². The summed E-state index contributed by atoms with van der Waals surface area (Å²) in [6.45, 7) is 1.70. The van der Waals surface area contributed by atoms with E-state index in [1.807, 2.05) is 0 Å². The van der Waals surface area contributed by atoms with Crippen LogP contribution >= 0.6 is 34.8 Å². The number of carbonyl (C=O) groups excluding carboxylic acids is 2. The van der Waals surface area contributed by atoms with Gasteiger partial charge in [0.1, 0.15) is 17.4 Å². The number of imidazole rings is 1. The average molecular weight is 718 g/mol. The SMILES string of the molecule is Cn1c(Nc2c(Cl)ccc(CNC(=O)C(C)(C)C(F)(F)F)c2Cl)nc2cc(C(=O)Nc3ccc(F)c(Cl)c3)c(N3CC[C@@H](F)C3)cc21. The number of fused-ring (bicyclic) bond motifs is 1. The molecular weight excluding hydrogens is 690 g/mol. The topological polar surface area (TPSA) is 91.3 Å². The first-order chi connectivity index (χ1) is 22.0. The summed E-state index contributed by atoms with van der Waals surface area (Å²) in [7, 11) is 1.69. The molecule has 8 nitrogen and oxygen atoms in total. The predicted molar refractivity (Wildman–Crippen MR) is 173 cm³/mol. The average Bonchev–Trinajstić information content (AvgIpc) is 3.57. The maximum Gasteiger partial charge on any atom is 0.402 e. The summed E-state index contributed by atoms with van der Waals surface area (Å²) in [5.74, 6) is -2.19. The normalized spacial score (nSPS) is 15.3. The molecular formula is C31H28Cl3F5N6O2. The Morgan fingerprint density at radius 1 is 1.04 bits per heavy atom. The summed E-state index contributed by atoms with van der Waals surface area (Å²) in [6.07, 6.45) is -5.56. The number of aromatic nitrogens is 2. The number of hydrogen-bond acceptors (Lipinski definition) is 5. The summed E-state index contributed by atoms with van der Waals surface area (Å²) in [5.41, 5.74) is -0.316. The summed E-state index contributed by atoms with van der Waals surface area (Å²) in [5, 5.41) is 8.05. The number of amides is 2. The Labute approximate surface area is 281 Å². The lowest BCUT2D eigenvalue weighted by Gasteiger charge is -2.26. The van der Waals surface area contributed by atoms with Gasteiger partial charge in [0, 0.05) is 32.4 Å². The number of anilines is 4. The van der Waals surface area contributed by atoms with E-state index in [9.17, 15) is 31.5 Å². The second-order valence-corrected chi connectivity index (χ2v) is 12.8. The maximum atomic E-state index is 14.3. The summed E-state index contributed by atoms with van der Waals surface area (Å²) in [6, 6.07) is 9.94. The van der Waals surface area contributed by atoms with E-state index >= 15 is 0 Å². The quantitative estimate of drug-likeness (QED) is 0.159. The van der Waals surface area contributed by atoms with Crippen LogP contribution in [0.25, 0.3) is 11.0 Å². The number of nitrogens with one attached hydrogen (secondary N) is 3. The molecule has 1 atom stereocenters. The Balaban J connectivity index is 1.47. The van der Waals surface area contributed by atoms with Crippen molar-refractivity contribution in [2.24, 2.45) is 12.5 Å². The molecule has 1 saturated heterocycles. The number of aryl methyl sites for hydroxylation is 1. The highest BCUT2D eigenvalue weighted by atomic mass is 35.5. The van der Waals surface area contributed by atoms with Crippen LogP contribution in [-0.4, -0.2) is 46.8 Å². The number of rotatable bonds is 8. The Hall–Kier alpha value is -3.81. The van der Waals surface area contributed by atoms with Crippen molar-refractivity contribution in [3.8, 4) is 0 Å². The molecule has 2 heterocycles. The van der Waals surface area contributed by atoms with Crippen molar-refractivity contribution in [1.29, 1.82) is 0 Å². The molecule has 1 fully saturated rings. The zero-order chi connectivity index (χ0) is 34.4. The van der Waals surface area contributed by atoms with Gasteiger partial charge in [0.05, 0.1) is 43.0 Å². The van der Waals surface area contributed by atoms with Gasteiger partial charge in [-0.05, 0) is 62.2 Å². The Morgan fingerprint density at radius 3 is 2.40 bits per heavy atom. The summed E-state index contributed by atoms with van der Waals surface area (Å²) < 4.78 is 69.6. The predicted octanol–water partition coefficient (Wildman–Crippen LogP) is 8.42. The van der Waals surface area contributed by atoms with Crippen LogP contribution in [0.1, 0.15) is 36.2 Å². The van der Waals surface area contributed by atoms with Gasteiger partial charge in [0.2, 0.25) is 11.9 Å². The van der Waals surface area contributed by atoms with Gasteiger partial charge in [-0.2, -0.15) is 13.2 Å². The van der Waals surface area contributed by atoms with Gasteiger partial charge in [0.25, 0.3) is 5.91 Å². The third-order valence-electron chi connectivity index (χ3n) is 8.02. The molecule has 0 unspecified atom stereocenters. The molecule has 5 rings (SSSR count). The maximum absolute atomic E-state index is 14.3. The van der Waals surface area contributed by atoms with Gasteiger partial charge in [-0.15, -0.1) is 0 Å². The number of nitrogens with zero attached hydrogens (tertiary/aromatic N) is 3. The molecule has 0 saturated carbocycles. The number of hydrogen-bond donors (Lipinski definition) is 3. The zero-order valence-corrected chi connectivity index (χ0v) is 27.4. The molecule has 0 radical (unpaired) electrons. The molecule has 250 valence electrons. The zero-order valence-electron chi connectivity index (χ0n) is 25.1. The van der Waals surface area contributed by atoms with Crippen molar-refractivity contribution in [1.82, 2.24) is 14.9 Å². The highest BCUT2D eigenvalue weighted by molar-refractivity contribution is 6.39. The lowest BCUT2D eigenvalue weighted by Crippen LogP contribution is -2.46. The standard InChI is InChI=1S/C31H28Cl3F5N6O2/c1-30(2,31(37,38)39)28(47)40-13-15-4-6-19(32)26(25(15)34)43-29-42-22-11-18(27(46)41-17-5-7-21(36)20(33)10-17)23(12-24(22)44(29)3)45-9-8-16(35)14-45/h4-7,10-12,16H,8-9,13-14H2,1-3H3,(H,40,47)(H,41,46)(H,42,43)/t16-/m1/s1. The second-order valence-electron chi connectivity index (χ2n) is 11.6. The highest BCUT2D eigenvalue weighted by Gasteiger charge is 2.52. The van der Waals surface area contributed by atoms with E-state index in [-0.39, 0.29) is 57.5 Å². The minimum atomic E-state index is -4.76. The van der Waals surface area contributed by atoms with Crippen molar-refractivity contribution in [2.45, 2.75) is 39.2 Å². The molecule has 47 heavy (non-hydrogen) atoms. The van der Waals surface area contributed by atoms with E-state index in [2.05, 4.69) is 20.9 Å². The molecule has 0 aliphatic carbocycles. The van der Waals surface area contributed by atoms with E-state index in [4.69, 9.17) is 34.8 Å². The summed E-state index contributed by atoms with van der Waals surface area (Å²) in [4.78, 5) is 32.2. The molecule has 16 heteroatoms. The highest BCUT2D eigenvalue weighted by Crippen LogP contribution is 2.39. The number of alkyl halides is 4. The molecule has 0 spiro atoms. The van der Waals surface area contributed by atoms with Gasteiger partial charge in [-0.3, -0.25) is 9.59 Å². The Morgan fingerprint density at radius 2 is 1.77 bits per heavy atom. The van der Waals surface area contributed by atoms with Crippen LogP contribution < -0.4 is 20.9 Å². The lowest BCUT2D eigenvalue weighted by molar-refractivity contribution is -0.211. The molecule has 2 amide bonds. The smallest absolute Gasteiger partial charge is 0.368 e. The van der Waals surface area contributed by atoms with Crippen molar-refractivity contribution < 1.29 is 31.5 Å². The minimum absolute atomic E-state index is 0.0411. The first-order valence-corrected chi connectivity index (χ1v) is 15.4. The van der Waals surface area contributed by atoms with Crippen molar-refractivity contribution in [3.05, 3.63) is 74.5 Å². The number of halogens is 8. The monoisotopic (exact) mass is 716 g/mol. The molecule has 1 aromatic heterocycles. The van der Waals surface area contributed by atoms with Crippen molar-refractivity contribution >= 4 is 80.7 Å². The van der Waals surface area contributed by atoms with E-state index < -0.39 is 35.4 Å². The molecule has 3 N–H and O–H groups in total. The summed E-state index contributed by atoms with van der Waals surface area (Å²) >= 11 is 18.9. The van der Waals surface area contributed by atoms with Gasteiger partial charge in [-0.25, -0.2) is 13.8 Å². The van der Waals surface area contributed by atoms with Crippen LogP contribution in [0, 0.1) is 11.2 Å². The molecule has 3 aromatic carbocycles. The fraction of sp³-hybridized carbons (Fsp3) is 0.323. The lowest BCUT2D eigenvalue weighted by atomic mass is 9.91. The molecule has 0 bridgehead atoms. The van der Waals surface area contributed by atoms with Crippen LogP contribution in [0.4, 0.5) is 45.0 Å². The number of benzene rings is 3. The van der Waals surface area contributed by atoms with Gasteiger partial charge in [-0.1, -0.05) is 40.9 Å². The Kier molecular flexibility index (Phi) is 9.55. The molecule has 4 aromatic rings. The van der Waals surface area contributed by atoms with E-state index in [0.717, 1.165) is 19.9 Å². The van der Waals surface area contributed by atoms with Gasteiger partial charge in [0.15, 0.2) is 0 Å².